The fraction of sp³-hybridized carbons (Fsp3) is 0.400. The van der Waals surface area contributed by atoms with Gasteiger partial charge in [-0.25, -0.2) is 4.98 Å². The summed E-state index contributed by atoms with van der Waals surface area (Å²) in [4.78, 5) is 30.3. The van der Waals surface area contributed by atoms with E-state index in [4.69, 9.17) is 16.7 Å². The van der Waals surface area contributed by atoms with E-state index < -0.39 is 5.97 Å². The van der Waals surface area contributed by atoms with Crippen LogP contribution in [0.15, 0.2) is 23.0 Å². The first-order valence-corrected chi connectivity index (χ1v) is 7.81. The lowest BCUT2D eigenvalue weighted by atomic mass is 10.2. The van der Waals surface area contributed by atoms with Crippen molar-refractivity contribution < 1.29 is 9.90 Å². The van der Waals surface area contributed by atoms with Crippen molar-refractivity contribution in [3.63, 3.8) is 0 Å². The molecule has 0 amide bonds. The Morgan fingerprint density at radius 3 is 2.78 bits per heavy atom. The zero-order valence-corrected chi connectivity index (χ0v) is 13.2. The van der Waals surface area contributed by atoms with Gasteiger partial charge in [0.2, 0.25) is 5.95 Å². The van der Waals surface area contributed by atoms with Crippen molar-refractivity contribution in [2.24, 2.45) is 0 Å². The number of aromatic nitrogens is 2. The van der Waals surface area contributed by atoms with Crippen molar-refractivity contribution in [2.75, 3.05) is 31.1 Å². The summed E-state index contributed by atoms with van der Waals surface area (Å²) in [7, 11) is 0. The van der Waals surface area contributed by atoms with Crippen molar-refractivity contribution in [2.45, 2.75) is 13.0 Å². The van der Waals surface area contributed by atoms with E-state index in [2.05, 4.69) is 10.3 Å². The Morgan fingerprint density at radius 1 is 1.35 bits per heavy atom. The lowest BCUT2D eigenvalue weighted by Crippen LogP contribution is -2.46. The number of carbonyl (C=O) groups is 1. The summed E-state index contributed by atoms with van der Waals surface area (Å²) in [6, 6.07) is 4.98. The molecule has 2 N–H and O–H groups in total. The van der Waals surface area contributed by atoms with E-state index in [1.54, 1.807) is 18.2 Å². The van der Waals surface area contributed by atoms with Gasteiger partial charge in [0.1, 0.15) is 0 Å². The molecule has 2 aromatic rings. The maximum atomic E-state index is 12.8. The van der Waals surface area contributed by atoms with E-state index in [9.17, 15) is 9.59 Å². The Balaban J connectivity index is 2.14. The molecule has 0 saturated carbocycles. The average Bonchev–Trinajstić information content (AvgIpc) is 2.55. The van der Waals surface area contributed by atoms with Gasteiger partial charge in [-0.1, -0.05) is 11.6 Å². The van der Waals surface area contributed by atoms with E-state index >= 15 is 0 Å². The Hall–Kier alpha value is -2.12. The molecule has 1 aromatic carbocycles. The zero-order chi connectivity index (χ0) is 16.4. The van der Waals surface area contributed by atoms with Crippen LogP contribution in [0.3, 0.4) is 0 Å². The number of carboxylic acid groups (broad SMARTS) is 1. The number of hydrogen-bond acceptors (Lipinski definition) is 5. The molecule has 122 valence electrons. The van der Waals surface area contributed by atoms with E-state index in [-0.39, 0.29) is 18.5 Å². The molecule has 1 aliphatic rings. The van der Waals surface area contributed by atoms with Crippen molar-refractivity contribution >= 4 is 34.4 Å². The van der Waals surface area contributed by atoms with Crippen LogP contribution < -0.4 is 15.8 Å². The first-order valence-electron chi connectivity index (χ1n) is 7.44. The van der Waals surface area contributed by atoms with Gasteiger partial charge >= 0.3 is 5.97 Å². The molecule has 2 heterocycles. The highest BCUT2D eigenvalue weighted by Crippen LogP contribution is 2.19. The number of piperazine rings is 1. The summed E-state index contributed by atoms with van der Waals surface area (Å²) in [5.41, 5.74) is 0.312. The van der Waals surface area contributed by atoms with E-state index in [0.717, 1.165) is 26.2 Å². The number of hydrogen-bond donors (Lipinski definition) is 2. The van der Waals surface area contributed by atoms with Gasteiger partial charge in [0.25, 0.3) is 5.56 Å². The van der Waals surface area contributed by atoms with Crippen molar-refractivity contribution in [1.29, 1.82) is 0 Å². The van der Waals surface area contributed by atoms with Gasteiger partial charge in [-0.3, -0.25) is 14.2 Å². The van der Waals surface area contributed by atoms with Gasteiger partial charge in [-0.15, -0.1) is 0 Å². The monoisotopic (exact) mass is 336 g/mol. The highest BCUT2D eigenvalue weighted by Gasteiger charge is 2.19. The highest BCUT2D eigenvalue weighted by atomic mass is 35.5. The van der Waals surface area contributed by atoms with Gasteiger partial charge in [-0.05, 0) is 18.2 Å². The van der Waals surface area contributed by atoms with Crippen LogP contribution in [0.25, 0.3) is 10.9 Å². The number of nitrogens with one attached hydrogen (secondary N) is 1. The molecule has 0 spiro atoms. The summed E-state index contributed by atoms with van der Waals surface area (Å²) in [5, 5.41) is 13.0. The Labute approximate surface area is 137 Å². The van der Waals surface area contributed by atoms with E-state index in [1.807, 2.05) is 4.90 Å². The molecule has 3 rings (SSSR count). The lowest BCUT2D eigenvalue weighted by molar-refractivity contribution is -0.137. The predicted octanol–water partition coefficient (Wildman–Crippen LogP) is 0.934. The van der Waals surface area contributed by atoms with Crippen molar-refractivity contribution in [3.05, 3.63) is 33.6 Å². The van der Waals surface area contributed by atoms with Crippen LogP contribution in [0, 0.1) is 0 Å². The molecular formula is C15H17ClN4O3. The van der Waals surface area contributed by atoms with E-state index in [1.165, 1.54) is 4.57 Å². The molecule has 0 bridgehead atoms. The van der Waals surface area contributed by atoms with Crippen molar-refractivity contribution in [1.82, 2.24) is 14.9 Å². The largest absolute Gasteiger partial charge is 0.481 e. The summed E-state index contributed by atoms with van der Waals surface area (Å²) in [6.45, 7) is 3.13. The second-order valence-corrected chi connectivity index (χ2v) is 5.85. The third-order valence-electron chi connectivity index (χ3n) is 3.85. The van der Waals surface area contributed by atoms with Crippen LogP contribution in [0.2, 0.25) is 5.02 Å². The Bertz CT molecular complexity index is 799. The first-order chi connectivity index (χ1) is 11.1. The molecule has 23 heavy (non-hydrogen) atoms. The summed E-state index contributed by atoms with van der Waals surface area (Å²) in [5.74, 6) is -0.429. The molecule has 7 nitrogen and oxygen atoms in total. The number of aliphatic carboxylic acids is 1. The molecule has 1 saturated heterocycles. The third kappa shape index (κ3) is 3.30. The maximum Gasteiger partial charge on any atom is 0.305 e. The van der Waals surface area contributed by atoms with Gasteiger partial charge in [0, 0.05) is 37.7 Å². The quantitative estimate of drug-likeness (QED) is 0.864. The Kier molecular flexibility index (Phi) is 4.49. The molecule has 0 unspecified atom stereocenters. The van der Waals surface area contributed by atoms with Gasteiger partial charge in [-0.2, -0.15) is 0 Å². The first kappa shape index (κ1) is 15.8. The molecular weight excluding hydrogens is 320 g/mol. The van der Waals surface area contributed by atoms with E-state index in [0.29, 0.717) is 21.9 Å². The maximum absolute atomic E-state index is 12.8. The van der Waals surface area contributed by atoms with Crippen LogP contribution >= 0.6 is 11.6 Å². The number of fused-ring (bicyclic) bond motifs is 1. The fourth-order valence-electron chi connectivity index (χ4n) is 2.70. The minimum Gasteiger partial charge on any atom is -0.481 e. The second kappa shape index (κ2) is 6.55. The van der Waals surface area contributed by atoms with Gasteiger partial charge in [0.05, 0.1) is 17.3 Å². The third-order valence-corrected chi connectivity index (χ3v) is 4.08. The molecule has 1 aliphatic heterocycles. The van der Waals surface area contributed by atoms with Crippen LogP contribution in [0.1, 0.15) is 6.42 Å². The minimum atomic E-state index is -0.950. The molecule has 0 aliphatic carbocycles. The van der Waals surface area contributed by atoms with Crippen LogP contribution in [0.5, 0.6) is 0 Å². The number of rotatable bonds is 4. The normalized spacial score (nSPS) is 15.1. The van der Waals surface area contributed by atoms with Gasteiger partial charge in [0.15, 0.2) is 0 Å². The molecule has 0 radical (unpaired) electrons. The number of halogens is 1. The fourth-order valence-corrected chi connectivity index (χ4v) is 2.87. The molecule has 8 heteroatoms. The highest BCUT2D eigenvalue weighted by molar-refractivity contribution is 6.31. The second-order valence-electron chi connectivity index (χ2n) is 5.41. The summed E-state index contributed by atoms with van der Waals surface area (Å²) in [6.07, 6.45) is -0.132. The summed E-state index contributed by atoms with van der Waals surface area (Å²) >= 11 is 5.97. The van der Waals surface area contributed by atoms with Gasteiger partial charge < -0.3 is 15.3 Å². The standard InChI is InChI=1S/C15H17ClN4O3/c16-10-1-2-12-11(9-10)14(23)20(6-3-13(21)22)15(18-12)19-7-4-17-5-8-19/h1-2,9,17H,3-8H2,(H,21,22). The zero-order valence-electron chi connectivity index (χ0n) is 12.5. The smallest absolute Gasteiger partial charge is 0.305 e. The average molecular weight is 337 g/mol. The molecule has 1 fully saturated rings. The molecule has 0 atom stereocenters. The number of nitrogens with zero attached hydrogens (tertiary/aromatic N) is 3. The number of anilines is 1. The SMILES string of the molecule is O=C(O)CCn1c(N2CCNCC2)nc2ccc(Cl)cc2c1=O. The lowest BCUT2D eigenvalue weighted by Gasteiger charge is -2.30. The Morgan fingerprint density at radius 2 is 2.09 bits per heavy atom. The van der Waals surface area contributed by atoms with Crippen LogP contribution in [-0.4, -0.2) is 46.8 Å². The topological polar surface area (TPSA) is 87.5 Å². The van der Waals surface area contributed by atoms with Crippen molar-refractivity contribution in [3.8, 4) is 0 Å². The van der Waals surface area contributed by atoms with Crippen LogP contribution in [0.4, 0.5) is 5.95 Å². The number of benzene rings is 1. The predicted molar refractivity (Wildman–Crippen MR) is 88.3 cm³/mol. The summed E-state index contributed by atoms with van der Waals surface area (Å²) < 4.78 is 1.44. The number of carboxylic acids is 1. The molecule has 1 aromatic heterocycles. The minimum absolute atomic E-state index is 0.0862. The van der Waals surface area contributed by atoms with Crippen LogP contribution in [-0.2, 0) is 11.3 Å².